The molecule has 0 unspecified atom stereocenters. The largest absolute Gasteiger partial charge is 0.458 e. The number of carbonyl (C=O) groups excluding carboxylic acids is 1. The fraction of sp³-hybridized carbons (Fsp3) is 0.550. The molecule has 3 rings (SSSR count). The van der Waals surface area contributed by atoms with Crippen molar-refractivity contribution in [1.82, 2.24) is 4.57 Å². The molecule has 0 spiro atoms. The molecule has 1 aromatic heterocycles. The topological polar surface area (TPSA) is 31.2 Å². The highest BCUT2D eigenvalue weighted by Crippen LogP contribution is 2.35. The molecular weight excluding hydrogens is 286 g/mol. The van der Waals surface area contributed by atoms with E-state index >= 15 is 0 Å². The third kappa shape index (κ3) is 3.01. The van der Waals surface area contributed by atoms with Crippen LogP contribution in [0.3, 0.4) is 0 Å². The van der Waals surface area contributed by atoms with Gasteiger partial charge in [0.1, 0.15) is 11.6 Å². The number of esters is 1. The van der Waals surface area contributed by atoms with Crippen molar-refractivity contribution in [3.8, 4) is 0 Å². The summed E-state index contributed by atoms with van der Waals surface area (Å²) in [7, 11) is 0. The highest BCUT2D eigenvalue weighted by atomic mass is 16.6. The molecular formula is C20H27NO2. The summed E-state index contributed by atoms with van der Waals surface area (Å²) in [5, 5.41) is 1.31. The van der Waals surface area contributed by atoms with E-state index in [2.05, 4.69) is 29.7 Å². The maximum absolute atomic E-state index is 12.6. The van der Waals surface area contributed by atoms with Crippen molar-refractivity contribution in [2.24, 2.45) is 0 Å². The van der Waals surface area contributed by atoms with Crippen molar-refractivity contribution < 1.29 is 9.53 Å². The molecule has 0 saturated carbocycles. The second-order valence-electron chi connectivity index (χ2n) is 7.73. The van der Waals surface area contributed by atoms with E-state index in [1.165, 1.54) is 40.6 Å². The fourth-order valence-electron chi connectivity index (χ4n) is 3.63. The van der Waals surface area contributed by atoms with E-state index in [9.17, 15) is 4.79 Å². The molecule has 23 heavy (non-hydrogen) atoms. The number of carbonyl (C=O) groups is 1. The van der Waals surface area contributed by atoms with Gasteiger partial charge >= 0.3 is 5.97 Å². The monoisotopic (exact) mass is 313 g/mol. The maximum atomic E-state index is 12.6. The minimum Gasteiger partial charge on any atom is -0.458 e. The number of aromatic nitrogens is 1. The Morgan fingerprint density at radius 3 is 2.61 bits per heavy atom. The Labute approximate surface area is 138 Å². The first kappa shape index (κ1) is 16.1. The lowest BCUT2D eigenvalue weighted by atomic mass is 9.95. The standard InChI is InChI=1S/C20H27NO2/c1-13-10-11-18-16(12-13)15-8-6-7-9-17(15)21(18)14(2)19(22)23-20(3,4)5/h10-12,14H,6-9H2,1-5H3/t14-/m1/s1. The van der Waals surface area contributed by atoms with E-state index in [4.69, 9.17) is 4.74 Å². The highest BCUT2D eigenvalue weighted by molar-refractivity contribution is 5.88. The van der Waals surface area contributed by atoms with E-state index in [0.717, 1.165) is 12.8 Å². The summed E-state index contributed by atoms with van der Waals surface area (Å²) in [5.74, 6) is -0.150. The molecule has 0 bridgehead atoms. The average Bonchev–Trinajstić information content (AvgIpc) is 2.78. The van der Waals surface area contributed by atoms with Crippen LogP contribution in [0.15, 0.2) is 18.2 Å². The number of benzene rings is 1. The first-order valence-corrected chi connectivity index (χ1v) is 8.63. The maximum Gasteiger partial charge on any atom is 0.329 e. The van der Waals surface area contributed by atoms with Crippen molar-refractivity contribution in [2.45, 2.75) is 71.9 Å². The molecule has 0 aliphatic heterocycles. The quantitative estimate of drug-likeness (QED) is 0.750. The van der Waals surface area contributed by atoms with Gasteiger partial charge in [-0.05, 0) is 78.0 Å². The fourth-order valence-corrected chi connectivity index (χ4v) is 3.63. The van der Waals surface area contributed by atoms with Gasteiger partial charge in [-0.2, -0.15) is 0 Å². The molecule has 0 radical (unpaired) electrons. The molecule has 1 aromatic carbocycles. The first-order chi connectivity index (χ1) is 10.8. The molecule has 0 amide bonds. The van der Waals surface area contributed by atoms with Gasteiger partial charge in [0.2, 0.25) is 0 Å². The Hall–Kier alpha value is -1.77. The predicted octanol–water partition coefficient (Wildman–Crippen LogP) is 4.73. The van der Waals surface area contributed by atoms with Crippen LogP contribution >= 0.6 is 0 Å². The van der Waals surface area contributed by atoms with Crippen LogP contribution in [0.25, 0.3) is 10.9 Å². The van der Waals surface area contributed by atoms with Gasteiger partial charge in [0.25, 0.3) is 0 Å². The van der Waals surface area contributed by atoms with Gasteiger partial charge in [0.15, 0.2) is 0 Å². The molecule has 3 nitrogen and oxygen atoms in total. The highest BCUT2D eigenvalue weighted by Gasteiger charge is 2.28. The Bertz CT molecular complexity index is 749. The van der Waals surface area contributed by atoms with Crippen LogP contribution in [0.5, 0.6) is 0 Å². The second-order valence-corrected chi connectivity index (χ2v) is 7.73. The lowest BCUT2D eigenvalue weighted by Gasteiger charge is -2.25. The molecule has 2 aromatic rings. The van der Waals surface area contributed by atoms with Crippen molar-refractivity contribution in [1.29, 1.82) is 0 Å². The van der Waals surface area contributed by atoms with Crippen LogP contribution in [0, 0.1) is 6.92 Å². The van der Waals surface area contributed by atoms with Crippen LogP contribution in [-0.2, 0) is 22.4 Å². The number of nitrogens with zero attached hydrogens (tertiary/aromatic N) is 1. The molecule has 1 atom stereocenters. The van der Waals surface area contributed by atoms with Gasteiger partial charge in [-0.15, -0.1) is 0 Å². The average molecular weight is 313 g/mol. The van der Waals surface area contributed by atoms with E-state index in [0.29, 0.717) is 0 Å². The van der Waals surface area contributed by atoms with Crippen molar-refractivity contribution >= 4 is 16.9 Å². The van der Waals surface area contributed by atoms with Crippen LogP contribution in [0.4, 0.5) is 0 Å². The van der Waals surface area contributed by atoms with Crippen molar-refractivity contribution in [3.05, 3.63) is 35.0 Å². The molecule has 1 heterocycles. The Kier molecular flexibility index (Phi) is 3.99. The smallest absolute Gasteiger partial charge is 0.329 e. The lowest BCUT2D eigenvalue weighted by Crippen LogP contribution is -2.29. The Morgan fingerprint density at radius 1 is 1.22 bits per heavy atom. The van der Waals surface area contributed by atoms with Gasteiger partial charge < -0.3 is 9.30 Å². The molecule has 1 aliphatic carbocycles. The summed E-state index contributed by atoms with van der Waals surface area (Å²) in [6.45, 7) is 9.85. The van der Waals surface area contributed by atoms with Crippen LogP contribution in [-0.4, -0.2) is 16.1 Å². The summed E-state index contributed by atoms with van der Waals surface area (Å²) in [5.41, 5.74) is 4.75. The molecule has 1 aliphatic rings. The van der Waals surface area contributed by atoms with Crippen LogP contribution in [0.2, 0.25) is 0 Å². The van der Waals surface area contributed by atoms with Crippen LogP contribution < -0.4 is 0 Å². The number of fused-ring (bicyclic) bond motifs is 3. The predicted molar refractivity (Wildman–Crippen MR) is 93.9 cm³/mol. The van der Waals surface area contributed by atoms with E-state index < -0.39 is 5.60 Å². The molecule has 124 valence electrons. The minimum atomic E-state index is -0.453. The second kappa shape index (κ2) is 5.70. The summed E-state index contributed by atoms with van der Waals surface area (Å²) < 4.78 is 7.85. The number of rotatable bonds is 2. The zero-order valence-electron chi connectivity index (χ0n) is 14.9. The number of hydrogen-bond donors (Lipinski definition) is 0. The van der Waals surface area contributed by atoms with Gasteiger partial charge in [0.05, 0.1) is 0 Å². The molecule has 0 saturated heterocycles. The van der Waals surface area contributed by atoms with E-state index in [1.807, 2.05) is 27.7 Å². The van der Waals surface area contributed by atoms with Gasteiger partial charge in [-0.25, -0.2) is 4.79 Å². The Morgan fingerprint density at radius 2 is 1.91 bits per heavy atom. The van der Waals surface area contributed by atoms with Crippen LogP contribution in [0.1, 0.15) is 63.4 Å². The SMILES string of the molecule is Cc1ccc2c(c1)c1c(n2[C@H](C)C(=O)OC(C)(C)C)CCCC1. The summed E-state index contributed by atoms with van der Waals surface area (Å²) in [4.78, 5) is 12.6. The third-order valence-electron chi connectivity index (χ3n) is 4.60. The normalized spacial score (nSPS) is 16.2. The minimum absolute atomic E-state index is 0.150. The first-order valence-electron chi connectivity index (χ1n) is 8.63. The Balaban J connectivity index is 2.11. The van der Waals surface area contributed by atoms with Crippen molar-refractivity contribution in [2.75, 3.05) is 0 Å². The van der Waals surface area contributed by atoms with Gasteiger partial charge in [-0.1, -0.05) is 11.6 Å². The van der Waals surface area contributed by atoms with Gasteiger partial charge in [-0.3, -0.25) is 0 Å². The zero-order chi connectivity index (χ0) is 16.8. The lowest BCUT2D eigenvalue weighted by molar-refractivity contribution is -0.158. The number of hydrogen-bond acceptors (Lipinski definition) is 2. The zero-order valence-corrected chi connectivity index (χ0v) is 14.9. The molecule has 3 heteroatoms. The summed E-state index contributed by atoms with van der Waals surface area (Å²) >= 11 is 0. The molecule has 0 fully saturated rings. The summed E-state index contributed by atoms with van der Waals surface area (Å²) in [6.07, 6.45) is 4.60. The van der Waals surface area contributed by atoms with Crippen molar-refractivity contribution in [3.63, 3.8) is 0 Å². The molecule has 0 N–H and O–H groups in total. The third-order valence-corrected chi connectivity index (χ3v) is 4.60. The summed E-state index contributed by atoms with van der Waals surface area (Å²) in [6, 6.07) is 6.26. The van der Waals surface area contributed by atoms with Gasteiger partial charge in [0, 0.05) is 16.6 Å². The number of ether oxygens (including phenoxy) is 1. The number of aryl methyl sites for hydroxylation is 2. The van der Waals surface area contributed by atoms with E-state index in [1.54, 1.807) is 0 Å². The van der Waals surface area contributed by atoms with E-state index in [-0.39, 0.29) is 12.0 Å².